The van der Waals surface area contributed by atoms with Gasteiger partial charge in [-0.25, -0.2) is 9.18 Å². The van der Waals surface area contributed by atoms with Crippen LogP contribution < -0.4 is 0 Å². The van der Waals surface area contributed by atoms with Crippen molar-refractivity contribution in [1.82, 2.24) is 0 Å². The number of nitrogens with zero attached hydrogens (tertiary/aromatic N) is 1. The summed E-state index contributed by atoms with van der Waals surface area (Å²) in [4.78, 5) is 10.5. The first-order valence-electron chi connectivity index (χ1n) is 3.57. The fourth-order valence-electron chi connectivity index (χ4n) is 0.885. The Morgan fingerprint density at radius 3 is 2.71 bits per heavy atom. The van der Waals surface area contributed by atoms with Crippen LogP contribution in [0, 0.1) is 29.0 Å². The van der Waals surface area contributed by atoms with Crippen molar-refractivity contribution in [3.63, 3.8) is 0 Å². The Hall–Kier alpha value is -2.33. The van der Waals surface area contributed by atoms with E-state index in [4.69, 9.17) is 10.4 Å². The second kappa shape index (κ2) is 4.06. The summed E-state index contributed by atoms with van der Waals surface area (Å²) in [6.07, 6.45) is 0. The monoisotopic (exact) mass is 189 g/mol. The number of carbonyl (C=O) groups is 1. The standard InChI is InChI=1S/C10H4FNO2/c11-9-5-7(2-1-3-12)4-8(6-9)10(13)14/h4-6H,(H,13,14). The molecule has 0 saturated heterocycles. The predicted molar refractivity (Wildman–Crippen MR) is 45.9 cm³/mol. The van der Waals surface area contributed by atoms with Gasteiger partial charge in [0.25, 0.3) is 0 Å². The van der Waals surface area contributed by atoms with Crippen molar-refractivity contribution in [1.29, 1.82) is 5.26 Å². The molecule has 1 aromatic rings. The molecule has 0 unspecified atom stereocenters. The molecule has 0 atom stereocenters. The van der Waals surface area contributed by atoms with Gasteiger partial charge in [-0.15, -0.1) is 0 Å². The van der Waals surface area contributed by atoms with Crippen LogP contribution in [0.5, 0.6) is 0 Å². The lowest BCUT2D eigenvalue weighted by Gasteiger charge is -1.95. The number of hydrogen-bond donors (Lipinski definition) is 1. The molecule has 68 valence electrons. The number of hydrogen-bond acceptors (Lipinski definition) is 2. The summed E-state index contributed by atoms with van der Waals surface area (Å²) in [5.74, 6) is 2.45. The van der Waals surface area contributed by atoms with Gasteiger partial charge in [-0.2, -0.15) is 5.26 Å². The number of benzene rings is 1. The van der Waals surface area contributed by atoms with E-state index < -0.39 is 11.8 Å². The van der Waals surface area contributed by atoms with Crippen LogP contribution in [0.2, 0.25) is 0 Å². The maximum Gasteiger partial charge on any atom is 0.335 e. The first kappa shape index (κ1) is 9.76. The molecule has 1 N–H and O–H groups in total. The summed E-state index contributed by atoms with van der Waals surface area (Å²) in [7, 11) is 0. The Bertz CT molecular complexity index is 477. The van der Waals surface area contributed by atoms with Crippen LogP contribution >= 0.6 is 0 Å². The van der Waals surface area contributed by atoms with Crippen LogP contribution in [0.4, 0.5) is 4.39 Å². The van der Waals surface area contributed by atoms with Gasteiger partial charge in [0.05, 0.1) is 5.56 Å². The van der Waals surface area contributed by atoms with Gasteiger partial charge in [0.15, 0.2) is 6.07 Å². The molecule has 0 spiro atoms. The molecule has 3 nitrogen and oxygen atoms in total. The van der Waals surface area contributed by atoms with Crippen molar-refractivity contribution in [3.8, 4) is 17.9 Å². The number of carboxylic acid groups (broad SMARTS) is 1. The topological polar surface area (TPSA) is 61.1 Å². The second-order valence-electron chi connectivity index (χ2n) is 2.40. The summed E-state index contributed by atoms with van der Waals surface area (Å²) < 4.78 is 12.8. The fourth-order valence-corrected chi connectivity index (χ4v) is 0.885. The van der Waals surface area contributed by atoms with Gasteiger partial charge in [-0.1, -0.05) is 5.92 Å². The molecule has 0 aliphatic carbocycles. The minimum atomic E-state index is -1.23. The molecule has 0 saturated carbocycles. The molecule has 0 aromatic heterocycles. The molecule has 4 heteroatoms. The van der Waals surface area contributed by atoms with Crippen molar-refractivity contribution >= 4 is 5.97 Å². The van der Waals surface area contributed by atoms with Gasteiger partial charge in [0.2, 0.25) is 0 Å². The fraction of sp³-hybridized carbons (Fsp3) is 0. The Balaban J connectivity index is 3.22. The molecule has 1 aromatic carbocycles. The van der Waals surface area contributed by atoms with Crippen LogP contribution in [-0.4, -0.2) is 11.1 Å². The third-order valence-corrected chi connectivity index (χ3v) is 1.41. The Kier molecular flexibility index (Phi) is 2.83. The van der Waals surface area contributed by atoms with Gasteiger partial charge in [0.1, 0.15) is 5.82 Å². The second-order valence-corrected chi connectivity index (χ2v) is 2.40. The molecular formula is C10H4FNO2. The van der Waals surface area contributed by atoms with Gasteiger partial charge in [-0.3, -0.25) is 0 Å². The number of halogens is 1. The molecule has 0 amide bonds. The minimum absolute atomic E-state index is 0.170. The third-order valence-electron chi connectivity index (χ3n) is 1.41. The van der Waals surface area contributed by atoms with Gasteiger partial charge < -0.3 is 5.11 Å². The summed E-state index contributed by atoms with van der Waals surface area (Å²) in [6.45, 7) is 0. The van der Waals surface area contributed by atoms with E-state index in [9.17, 15) is 9.18 Å². The highest BCUT2D eigenvalue weighted by Gasteiger charge is 2.05. The molecule has 0 radical (unpaired) electrons. The van der Waals surface area contributed by atoms with E-state index in [1.54, 1.807) is 6.07 Å². The first-order chi connectivity index (χ1) is 6.63. The minimum Gasteiger partial charge on any atom is -0.478 e. The SMILES string of the molecule is N#CC#Cc1cc(F)cc(C(=O)O)c1. The van der Waals surface area contributed by atoms with Crippen molar-refractivity contribution in [2.24, 2.45) is 0 Å². The van der Waals surface area contributed by atoms with E-state index in [1.165, 1.54) is 6.07 Å². The quantitative estimate of drug-likeness (QED) is 0.679. The zero-order chi connectivity index (χ0) is 10.6. The largest absolute Gasteiger partial charge is 0.478 e. The molecular weight excluding hydrogens is 185 g/mol. The summed E-state index contributed by atoms with van der Waals surface area (Å²) in [5.41, 5.74) is -0.0174. The molecule has 14 heavy (non-hydrogen) atoms. The molecule has 0 bridgehead atoms. The number of aromatic carboxylic acids is 1. The summed E-state index contributed by atoms with van der Waals surface area (Å²) >= 11 is 0. The van der Waals surface area contributed by atoms with Crippen LogP contribution in [0.1, 0.15) is 15.9 Å². The van der Waals surface area contributed by atoms with Crippen molar-refractivity contribution in [2.75, 3.05) is 0 Å². The Labute approximate surface area is 79.4 Å². The maximum atomic E-state index is 12.8. The zero-order valence-corrected chi connectivity index (χ0v) is 6.91. The van der Waals surface area contributed by atoms with Crippen LogP contribution in [0.25, 0.3) is 0 Å². The van der Waals surface area contributed by atoms with Crippen LogP contribution in [-0.2, 0) is 0 Å². The Morgan fingerprint density at radius 2 is 2.14 bits per heavy atom. The molecule has 0 fully saturated rings. The maximum absolute atomic E-state index is 12.8. The van der Waals surface area contributed by atoms with E-state index >= 15 is 0 Å². The van der Waals surface area contributed by atoms with E-state index in [0.717, 1.165) is 12.1 Å². The highest BCUT2D eigenvalue weighted by molar-refractivity contribution is 5.88. The lowest BCUT2D eigenvalue weighted by molar-refractivity contribution is 0.0696. The lowest BCUT2D eigenvalue weighted by Crippen LogP contribution is -1.97. The van der Waals surface area contributed by atoms with Gasteiger partial charge in [0, 0.05) is 11.5 Å². The first-order valence-corrected chi connectivity index (χ1v) is 3.57. The van der Waals surface area contributed by atoms with Crippen molar-refractivity contribution in [2.45, 2.75) is 0 Å². The van der Waals surface area contributed by atoms with E-state index in [2.05, 4.69) is 11.8 Å². The summed E-state index contributed by atoms with van der Waals surface area (Å²) in [5, 5.41) is 16.7. The van der Waals surface area contributed by atoms with Crippen molar-refractivity contribution in [3.05, 3.63) is 35.1 Å². The number of nitriles is 1. The number of carboxylic acids is 1. The Morgan fingerprint density at radius 1 is 1.43 bits per heavy atom. The molecule has 1 rings (SSSR count). The summed E-state index contributed by atoms with van der Waals surface area (Å²) in [6, 6.07) is 4.71. The van der Waals surface area contributed by atoms with Crippen LogP contribution in [0.15, 0.2) is 18.2 Å². The average molecular weight is 189 g/mol. The van der Waals surface area contributed by atoms with Gasteiger partial charge in [-0.05, 0) is 18.2 Å². The number of rotatable bonds is 1. The normalized spacial score (nSPS) is 8.29. The third kappa shape index (κ3) is 2.33. The van der Waals surface area contributed by atoms with E-state index in [1.807, 2.05) is 0 Å². The van der Waals surface area contributed by atoms with Gasteiger partial charge >= 0.3 is 5.97 Å². The molecule has 0 aliphatic heterocycles. The molecule has 0 heterocycles. The molecule has 0 aliphatic rings. The van der Waals surface area contributed by atoms with Crippen molar-refractivity contribution < 1.29 is 14.3 Å². The highest BCUT2D eigenvalue weighted by atomic mass is 19.1. The smallest absolute Gasteiger partial charge is 0.335 e. The predicted octanol–water partition coefficient (Wildman–Crippen LogP) is 1.40. The lowest BCUT2D eigenvalue weighted by atomic mass is 10.1. The van der Waals surface area contributed by atoms with E-state index in [0.29, 0.717) is 0 Å². The van der Waals surface area contributed by atoms with E-state index in [-0.39, 0.29) is 11.1 Å². The zero-order valence-electron chi connectivity index (χ0n) is 6.91. The van der Waals surface area contributed by atoms with Crippen LogP contribution in [0.3, 0.4) is 0 Å². The highest BCUT2D eigenvalue weighted by Crippen LogP contribution is 2.08. The average Bonchev–Trinajstić information content (AvgIpc) is 2.14.